The van der Waals surface area contributed by atoms with Gasteiger partial charge in [-0.05, 0) is 12.3 Å². The maximum Gasteiger partial charge on any atom is 0.435 e. The van der Waals surface area contributed by atoms with Crippen molar-refractivity contribution in [3.63, 3.8) is 0 Å². The third-order valence-corrected chi connectivity index (χ3v) is 3.45. The molecule has 0 bridgehead atoms. The van der Waals surface area contributed by atoms with E-state index in [-0.39, 0.29) is 12.7 Å². The number of aromatic nitrogens is 2. The minimum Gasteiger partial charge on any atom is -0.301 e. The molecule has 2 atom stereocenters. The Labute approximate surface area is 97.6 Å². The summed E-state index contributed by atoms with van der Waals surface area (Å²) in [5.74, 6) is -5.16. The van der Waals surface area contributed by atoms with E-state index in [9.17, 15) is 26.7 Å². The number of hydrogen-bond donors (Lipinski definition) is 0. The summed E-state index contributed by atoms with van der Waals surface area (Å²) in [5, 5.41) is 3.15. The van der Waals surface area contributed by atoms with E-state index in [4.69, 9.17) is 0 Å². The Hall–Kier alpha value is -1.47. The molecule has 2 aliphatic rings. The van der Waals surface area contributed by atoms with E-state index in [1.54, 1.807) is 0 Å². The number of hydrogen-bond acceptors (Lipinski definition) is 2. The summed E-state index contributed by atoms with van der Waals surface area (Å²) in [7, 11) is 0. The van der Waals surface area contributed by atoms with Crippen molar-refractivity contribution in [2.45, 2.75) is 31.0 Å². The molecule has 2 aliphatic carbocycles. The molecule has 1 heterocycles. The van der Waals surface area contributed by atoms with Crippen molar-refractivity contribution in [3.05, 3.63) is 17.0 Å². The van der Waals surface area contributed by atoms with Crippen LogP contribution >= 0.6 is 0 Å². The molecule has 0 radical (unpaired) electrons. The number of halogens is 5. The summed E-state index contributed by atoms with van der Waals surface area (Å²) in [6.07, 6.45) is -4.46. The highest BCUT2D eigenvalue weighted by Gasteiger charge is 2.68. The lowest BCUT2D eigenvalue weighted by atomic mass is 10.1. The molecular formula is C10H7F5N2O. The van der Waals surface area contributed by atoms with Gasteiger partial charge in [0.05, 0.1) is 6.54 Å². The number of carbonyl (C=O) groups is 1. The van der Waals surface area contributed by atoms with E-state index in [1.807, 2.05) is 0 Å². The molecule has 3 nitrogen and oxygen atoms in total. The first-order valence-electron chi connectivity index (χ1n) is 5.28. The molecule has 0 aromatic carbocycles. The van der Waals surface area contributed by atoms with Gasteiger partial charge in [-0.2, -0.15) is 27.1 Å². The van der Waals surface area contributed by atoms with Crippen LogP contribution in [0.25, 0.3) is 0 Å². The van der Waals surface area contributed by atoms with E-state index < -0.39 is 47.4 Å². The lowest BCUT2D eigenvalue weighted by Gasteiger charge is -2.13. The molecule has 1 fully saturated rings. The van der Waals surface area contributed by atoms with E-state index in [0.717, 1.165) is 0 Å². The summed E-state index contributed by atoms with van der Waals surface area (Å²) >= 11 is 0. The molecule has 98 valence electrons. The summed E-state index contributed by atoms with van der Waals surface area (Å²) < 4.78 is 66.3. The van der Waals surface area contributed by atoms with Crippen LogP contribution in [0.3, 0.4) is 0 Å². The molecule has 1 aromatic heterocycles. The zero-order chi connectivity index (χ0) is 13.3. The predicted molar refractivity (Wildman–Crippen MR) is 48.0 cm³/mol. The number of nitrogens with zero attached hydrogens (tertiary/aromatic N) is 2. The molecule has 3 rings (SSSR count). The van der Waals surface area contributed by atoms with Gasteiger partial charge in [-0.25, -0.2) is 0 Å². The van der Waals surface area contributed by atoms with Crippen molar-refractivity contribution in [1.29, 1.82) is 0 Å². The van der Waals surface area contributed by atoms with Gasteiger partial charge in [-0.3, -0.25) is 4.68 Å². The summed E-state index contributed by atoms with van der Waals surface area (Å²) in [6.45, 7) is -0.590. The molecule has 0 spiro atoms. The zero-order valence-electron chi connectivity index (χ0n) is 8.84. The van der Waals surface area contributed by atoms with E-state index in [0.29, 0.717) is 4.68 Å². The normalized spacial score (nSPS) is 27.8. The molecule has 0 saturated heterocycles. The predicted octanol–water partition coefficient (Wildman–Crippen LogP) is 2.31. The number of fused-ring (bicyclic) bond motifs is 3. The third kappa shape index (κ3) is 1.28. The van der Waals surface area contributed by atoms with Gasteiger partial charge in [0.1, 0.15) is 12.0 Å². The first-order valence-corrected chi connectivity index (χ1v) is 5.28. The average molecular weight is 266 g/mol. The van der Waals surface area contributed by atoms with E-state index in [1.165, 1.54) is 0 Å². The van der Waals surface area contributed by atoms with Gasteiger partial charge < -0.3 is 4.79 Å². The number of carbonyl (C=O) groups excluding carboxylic acids is 1. The second kappa shape index (κ2) is 3.10. The van der Waals surface area contributed by atoms with Gasteiger partial charge in [0.2, 0.25) is 0 Å². The van der Waals surface area contributed by atoms with Gasteiger partial charge in [0, 0.05) is 11.5 Å². The lowest BCUT2D eigenvalue weighted by molar-refractivity contribution is -0.142. The van der Waals surface area contributed by atoms with Crippen LogP contribution in [0.4, 0.5) is 22.0 Å². The molecular weight excluding hydrogens is 259 g/mol. The number of alkyl halides is 5. The quantitative estimate of drug-likeness (QED) is 0.608. The van der Waals surface area contributed by atoms with Crippen LogP contribution in [0.5, 0.6) is 0 Å². The average Bonchev–Trinajstić information content (AvgIpc) is 2.87. The molecule has 1 saturated carbocycles. The van der Waals surface area contributed by atoms with Gasteiger partial charge >= 0.3 is 6.18 Å². The molecule has 0 N–H and O–H groups in total. The third-order valence-electron chi connectivity index (χ3n) is 3.45. The molecule has 18 heavy (non-hydrogen) atoms. The van der Waals surface area contributed by atoms with Crippen molar-refractivity contribution in [2.75, 3.05) is 0 Å². The fourth-order valence-electron chi connectivity index (χ4n) is 2.68. The maximum atomic E-state index is 13.8. The van der Waals surface area contributed by atoms with E-state index in [2.05, 4.69) is 5.10 Å². The highest BCUT2D eigenvalue weighted by Crippen LogP contribution is 2.68. The topological polar surface area (TPSA) is 34.9 Å². The lowest BCUT2D eigenvalue weighted by Crippen LogP contribution is -2.20. The van der Waals surface area contributed by atoms with Crippen LogP contribution in [0.2, 0.25) is 0 Å². The smallest absolute Gasteiger partial charge is 0.301 e. The summed E-state index contributed by atoms with van der Waals surface area (Å²) in [5.41, 5.74) is -2.42. The number of rotatable bonds is 2. The molecule has 0 aliphatic heterocycles. The minimum absolute atomic E-state index is 0.0515. The van der Waals surface area contributed by atoms with Crippen molar-refractivity contribution in [3.8, 4) is 0 Å². The highest BCUT2D eigenvalue weighted by molar-refractivity contribution is 5.52. The fraction of sp³-hybridized carbons (Fsp3) is 0.600. The van der Waals surface area contributed by atoms with Crippen LogP contribution in [0, 0.1) is 5.92 Å². The summed E-state index contributed by atoms with van der Waals surface area (Å²) in [4.78, 5) is 10.3. The Morgan fingerprint density at radius 3 is 2.67 bits per heavy atom. The van der Waals surface area contributed by atoms with Crippen LogP contribution < -0.4 is 0 Å². The van der Waals surface area contributed by atoms with Crippen LogP contribution in [-0.2, 0) is 23.4 Å². The molecule has 0 amide bonds. The largest absolute Gasteiger partial charge is 0.435 e. The van der Waals surface area contributed by atoms with Crippen LogP contribution in [0.15, 0.2) is 0 Å². The molecule has 8 heteroatoms. The molecule has 1 aromatic rings. The SMILES string of the molecule is O=CCn1nc(C(F)(F)F)c2c1C(F)(F)[C@@H]1C[C@H]21. The highest BCUT2D eigenvalue weighted by atomic mass is 19.4. The van der Waals surface area contributed by atoms with Crippen LogP contribution in [-0.4, -0.2) is 16.1 Å². The van der Waals surface area contributed by atoms with Gasteiger partial charge in [0.25, 0.3) is 5.92 Å². The van der Waals surface area contributed by atoms with Crippen LogP contribution in [0.1, 0.15) is 29.3 Å². The number of aldehydes is 1. The van der Waals surface area contributed by atoms with Crippen molar-refractivity contribution in [2.24, 2.45) is 5.92 Å². The zero-order valence-corrected chi connectivity index (χ0v) is 8.84. The standard InChI is InChI=1S/C10H7F5N2O/c11-9(12)5-3-4(5)6-7(10(13,14)15)16-17(1-2-18)8(6)9/h2,4-5H,1,3H2/t4-,5+/m0/s1. The monoisotopic (exact) mass is 266 g/mol. The summed E-state index contributed by atoms with van der Waals surface area (Å²) in [6, 6.07) is 0. The second-order valence-electron chi connectivity index (χ2n) is 4.53. The van der Waals surface area contributed by atoms with Gasteiger partial charge in [0.15, 0.2) is 5.69 Å². The minimum atomic E-state index is -4.77. The Balaban J connectivity index is 2.22. The first kappa shape index (κ1) is 11.6. The fourth-order valence-corrected chi connectivity index (χ4v) is 2.68. The Morgan fingerprint density at radius 1 is 1.44 bits per heavy atom. The Bertz CT molecular complexity index is 533. The first-order chi connectivity index (χ1) is 8.28. The van der Waals surface area contributed by atoms with Crippen molar-refractivity contribution < 1.29 is 26.7 Å². The van der Waals surface area contributed by atoms with Crippen molar-refractivity contribution in [1.82, 2.24) is 9.78 Å². The Kier molecular flexibility index (Phi) is 2.00. The second-order valence-corrected chi connectivity index (χ2v) is 4.53. The van der Waals surface area contributed by atoms with E-state index >= 15 is 0 Å². The molecule has 0 unspecified atom stereocenters. The van der Waals surface area contributed by atoms with Gasteiger partial charge in [-0.15, -0.1) is 0 Å². The van der Waals surface area contributed by atoms with Gasteiger partial charge in [-0.1, -0.05) is 0 Å². The van der Waals surface area contributed by atoms with Crippen molar-refractivity contribution >= 4 is 6.29 Å². The Morgan fingerprint density at radius 2 is 2.11 bits per heavy atom. The maximum absolute atomic E-state index is 13.8.